The van der Waals surface area contributed by atoms with Gasteiger partial charge in [0.05, 0.1) is 13.2 Å². The number of fused-ring (bicyclic) bond motifs is 1. The van der Waals surface area contributed by atoms with Crippen LogP contribution in [0.4, 0.5) is 0 Å². The minimum atomic E-state index is -0.302. The molecule has 1 aliphatic heterocycles. The van der Waals surface area contributed by atoms with Crippen molar-refractivity contribution < 1.29 is 4.74 Å². The van der Waals surface area contributed by atoms with Gasteiger partial charge in [-0.15, -0.1) is 5.10 Å². The second kappa shape index (κ2) is 11.1. The van der Waals surface area contributed by atoms with Crippen molar-refractivity contribution in [2.24, 2.45) is 5.92 Å². The summed E-state index contributed by atoms with van der Waals surface area (Å²) in [5.74, 6) is 2.18. The van der Waals surface area contributed by atoms with E-state index in [0.29, 0.717) is 11.5 Å². The first kappa shape index (κ1) is 24.8. The molecule has 1 N–H and O–H groups in total. The van der Waals surface area contributed by atoms with E-state index in [1.54, 1.807) is 7.11 Å². The van der Waals surface area contributed by atoms with Crippen molar-refractivity contribution in [1.29, 1.82) is 0 Å². The van der Waals surface area contributed by atoms with Crippen LogP contribution in [0, 0.1) is 5.92 Å². The van der Waals surface area contributed by atoms with Crippen LogP contribution in [0.15, 0.2) is 59.4 Å². The molecule has 2 aromatic carbocycles. The van der Waals surface area contributed by atoms with E-state index in [-0.39, 0.29) is 17.6 Å². The highest BCUT2D eigenvalue weighted by Gasteiger charge is 2.34. The maximum Gasteiger partial charge on any atom is 0.253 e. The first-order chi connectivity index (χ1) is 18.7. The monoisotopic (exact) mass is 512 g/mol. The molecular weight excluding hydrogens is 476 g/mol. The fourth-order valence-electron chi connectivity index (χ4n) is 6.36. The van der Waals surface area contributed by atoms with E-state index in [1.165, 1.54) is 24.8 Å². The Morgan fingerprint density at radius 2 is 1.79 bits per heavy atom. The van der Waals surface area contributed by atoms with E-state index in [0.717, 1.165) is 67.7 Å². The second-order valence-electron chi connectivity index (χ2n) is 10.9. The molecular formula is C30H36N6O2. The van der Waals surface area contributed by atoms with Crippen LogP contribution in [-0.4, -0.2) is 50.3 Å². The van der Waals surface area contributed by atoms with Crippen LogP contribution < -0.4 is 10.3 Å². The number of methoxy groups -OCH3 is 1. The van der Waals surface area contributed by atoms with Crippen molar-refractivity contribution in [3.05, 3.63) is 81.9 Å². The summed E-state index contributed by atoms with van der Waals surface area (Å²) in [5.41, 5.74) is 2.80. The number of hydrogen-bond donors (Lipinski definition) is 1. The van der Waals surface area contributed by atoms with Crippen molar-refractivity contribution in [1.82, 2.24) is 30.1 Å². The van der Waals surface area contributed by atoms with Crippen LogP contribution in [-0.2, 0) is 6.42 Å². The molecule has 198 valence electrons. The average Bonchev–Trinajstić information content (AvgIpc) is 3.45. The van der Waals surface area contributed by atoms with Gasteiger partial charge in [0.15, 0.2) is 5.82 Å². The summed E-state index contributed by atoms with van der Waals surface area (Å²) in [7, 11) is 1.66. The molecule has 1 atom stereocenters. The summed E-state index contributed by atoms with van der Waals surface area (Å²) < 4.78 is 7.48. The van der Waals surface area contributed by atoms with E-state index < -0.39 is 0 Å². The quantitative estimate of drug-likeness (QED) is 0.372. The lowest BCUT2D eigenvalue weighted by Crippen LogP contribution is -2.41. The Morgan fingerprint density at radius 3 is 2.55 bits per heavy atom. The summed E-state index contributed by atoms with van der Waals surface area (Å²) in [6.07, 6.45) is 9.05. The minimum absolute atomic E-state index is 0.0859. The third-order valence-corrected chi connectivity index (χ3v) is 8.44. The highest BCUT2D eigenvalue weighted by atomic mass is 16.5. The van der Waals surface area contributed by atoms with Gasteiger partial charge in [0.25, 0.3) is 5.56 Å². The van der Waals surface area contributed by atoms with Crippen LogP contribution in [0.5, 0.6) is 5.75 Å². The number of nitrogens with one attached hydrogen (secondary N) is 1. The zero-order valence-corrected chi connectivity index (χ0v) is 22.1. The number of rotatable bonds is 7. The van der Waals surface area contributed by atoms with Crippen LogP contribution in [0.3, 0.4) is 0 Å². The molecule has 4 aromatic rings. The van der Waals surface area contributed by atoms with E-state index in [2.05, 4.69) is 55.7 Å². The van der Waals surface area contributed by atoms with E-state index >= 15 is 0 Å². The Kier molecular flexibility index (Phi) is 7.22. The average molecular weight is 513 g/mol. The fraction of sp³-hybridized carbons (Fsp3) is 0.467. The summed E-state index contributed by atoms with van der Waals surface area (Å²) in [6, 6.07) is 18.5. The molecule has 0 bridgehead atoms. The Bertz CT molecular complexity index is 1420. The molecule has 2 aromatic heterocycles. The van der Waals surface area contributed by atoms with Gasteiger partial charge in [-0.2, -0.15) is 0 Å². The largest absolute Gasteiger partial charge is 0.497 e. The Hall–Kier alpha value is -3.52. The lowest BCUT2D eigenvalue weighted by Gasteiger charge is -2.37. The summed E-state index contributed by atoms with van der Waals surface area (Å²) in [6.45, 7) is 1.80. The second-order valence-corrected chi connectivity index (χ2v) is 10.9. The van der Waals surface area contributed by atoms with E-state index in [9.17, 15) is 4.79 Å². The van der Waals surface area contributed by atoms with Gasteiger partial charge >= 0.3 is 0 Å². The number of hydrogen-bond acceptors (Lipinski definition) is 6. The van der Waals surface area contributed by atoms with E-state index in [1.807, 2.05) is 28.9 Å². The van der Waals surface area contributed by atoms with Crippen molar-refractivity contribution in [3.8, 4) is 5.75 Å². The number of nitrogens with zero attached hydrogens (tertiary/aromatic N) is 5. The minimum Gasteiger partial charge on any atom is -0.497 e. The Morgan fingerprint density at radius 1 is 1.00 bits per heavy atom. The van der Waals surface area contributed by atoms with Gasteiger partial charge in [-0.1, -0.05) is 49.6 Å². The Balaban J connectivity index is 1.35. The van der Waals surface area contributed by atoms with Crippen LogP contribution in [0.2, 0.25) is 0 Å². The molecule has 1 saturated heterocycles. The third kappa shape index (κ3) is 5.10. The molecule has 8 heteroatoms. The zero-order valence-electron chi connectivity index (χ0n) is 22.1. The molecule has 6 rings (SSSR count). The molecule has 0 spiro atoms. The first-order valence-corrected chi connectivity index (χ1v) is 14.0. The molecule has 0 radical (unpaired) electrons. The molecule has 2 fully saturated rings. The molecule has 0 amide bonds. The van der Waals surface area contributed by atoms with Crippen LogP contribution in [0.1, 0.15) is 74.0 Å². The lowest BCUT2D eigenvalue weighted by atomic mass is 9.88. The number of likely N-dealkylation sites (tertiary alicyclic amines) is 1. The van der Waals surface area contributed by atoms with Gasteiger partial charge < -0.3 is 9.72 Å². The molecule has 38 heavy (non-hydrogen) atoms. The number of H-pyrrole nitrogens is 1. The standard InChI is InChI=1S/C30H36N6O2/c1-38-25-12-13-27-23(19-25)20-26(30(37)31-27)28(29-32-33-34-36(29)24-10-6-3-7-11-24)35-16-14-22(15-17-35)18-21-8-4-2-5-9-21/h2,4-5,8-9,12-13,19-20,22,24,28H,3,6-7,10-11,14-18H2,1H3,(H,31,37)/t28-/m0/s1. The Labute approximate surface area is 223 Å². The maximum absolute atomic E-state index is 13.6. The number of aromatic amines is 1. The number of tetrazole rings is 1. The highest BCUT2D eigenvalue weighted by molar-refractivity contribution is 5.80. The SMILES string of the molecule is COc1ccc2[nH]c(=O)c([C@@H](c3nnnn3C3CCCCC3)N3CCC(Cc4ccccc4)CC3)cc2c1. The van der Waals surface area contributed by atoms with Crippen molar-refractivity contribution in [2.75, 3.05) is 20.2 Å². The molecule has 2 aliphatic rings. The van der Waals surface area contributed by atoms with Gasteiger partial charge in [0, 0.05) is 16.5 Å². The van der Waals surface area contributed by atoms with Crippen molar-refractivity contribution in [3.63, 3.8) is 0 Å². The maximum atomic E-state index is 13.6. The molecule has 1 aliphatic carbocycles. The van der Waals surface area contributed by atoms with Gasteiger partial charge in [-0.05, 0) is 91.4 Å². The van der Waals surface area contributed by atoms with Crippen LogP contribution in [0.25, 0.3) is 10.9 Å². The highest BCUT2D eigenvalue weighted by Crippen LogP contribution is 2.35. The number of piperidine rings is 1. The topological polar surface area (TPSA) is 88.9 Å². The van der Waals surface area contributed by atoms with Gasteiger partial charge in [-0.3, -0.25) is 9.69 Å². The smallest absolute Gasteiger partial charge is 0.253 e. The number of ether oxygens (including phenoxy) is 1. The molecule has 8 nitrogen and oxygen atoms in total. The molecule has 0 unspecified atom stereocenters. The van der Waals surface area contributed by atoms with Crippen LogP contribution >= 0.6 is 0 Å². The number of benzene rings is 2. The normalized spacial score (nSPS) is 18.6. The third-order valence-electron chi connectivity index (χ3n) is 8.44. The van der Waals surface area contributed by atoms with Gasteiger partial charge in [0.2, 0.25) is 0 Å². The number of pyridine rings is 1. The summed E-state index contributed by atoms with van der Waals surface area (Å²) >= 11 is 0. The summed E-state index contributed by atoms with van der Waals surface area (Å²) in [5, 5.41) is 14.1. The fourth-order valence-corrected chi connectivity index (χ4v) is 6.36. The summed E-state index contributed by atoms with van der Waals surface area (Å²) in [4.78, 5) is 19.1. The van der Waals surface area contributed by atoms with Crippen molar-refractivity contribution >= 4 is 10.9 Å². The molecule has 3 heterocycles. The van der Waals surface area contributed by atoms with Gasteiger partial charge in [-0.25, -0.2) is 4.68 Å². The van der Waals surface area contributed by atoms with E-state index in [4.69, 9.17) is 4.74 Å². The zero-order chi connectivity index (χ0) is 25.9. The predicted molar refractivity (Wildman–Crippen MR) is 147 cm³/mol. The first-order valence-electron chi connectivity index (χ1n) is 14.0. The molecule has 1 saturated carbocycles. The predicted octanol–water partition coefficient (Wildman–Crippen LogP) is 5.07. The lowest BCUT2D eigenvalue weighted by molar-refractivity contribution is 0.140. The number of aromatic nitrogens is 5. The van der Waals surface area contributed by atoms with Gasteiger partial charge in [0.1, 0.15) is 11.8 Å². The van der Waals surface area contributed by atoms with Crippen molar-refractivity contribution in [2.45, 2.75) is 63.5 Å².